The molecule has 0 aliphatic rings. The molecule has 0 unspecified atom stereocenters. The Bertz CT molecular complexity index is 480. The number of hydrogen-bond donors (Lipinski definition) is 2. The summed E-state index contributed by atoms with van der Waals surface area (Å²) in [7, 11) is -3.46. The van der Waals surface area contributed by atoms with Crippen LogP contribution in [0.5, 0.6) is 5.75 Å². The van der Waals surface area contributed by atoms with Gasteiger partial charge in [-0.2, -0.15) is 0 Å². The average Bonchev–Trinajstić information content (AvgIpc) is 2.39. The second-order valence-electron chi connectivity index (χ2n) is 4.06. The van der Waals surface area contributed by atoms with Crippen molar-refractivity contribution in [1.29, 1.82) is 0 Å². The van der Waals surface area contributed by atoms with Gasteiger partial charge in [0.1, 0.15) is 5.75 Å². The van der Waals surface area contributed by atoms with E-state index in [4.69, 9.17) is 4.74 Å². The molecule has 0 heterocycles. The molecule has 1 rings (SSSR count). The standard InChI is InChI=1S/C13H22N2O3S.ClH/c1-3-8-14-9-10-15-19(16,17)13-7-5-6-12(11-13)18-4-2;/h5-7,11,14-15H,3-4,8-10H2,1-2H3;1H. The fraction of sp³-hybridized carbons (Fsp3) is 0.538. The minimum Gasteiger partial charge on any atom is -0.494 e. The Kier molecular flexibility index (Phi) is 9.58. The van der Waals surface area contributed by atoms with E-state index in [9.17, 15) is 8.42 Å². The van der Waals surface area contributed by atoms with Gasteiger partial charge < -0.3 is 10.1 Å². The Morgan fingerprint density at radius 1 is 1.15 bits per heavy atom. The van der Waals surface area contributed by atoms with Crippen molar-refractivity contribution in [2.75, 3.05) is 26.2 Å². The second-order valence-corrected chi connectivity index (χ2v) is 5.82. The third-order valence-electron chi connectivity index (χ3n) is 2.45. The van der Waals surface area contributed by atoms with Gasteiger partial charge in [-0.25, -0.2) is 13.1 Å². The van der Waals surface area contributed by atoms with Gasteiger partial charge in [-0.1, -0.05) is 13.0 Å². The van der Waals surface area contributed by atoms with Gasteiger partial charge >= 0.3 is 0 Å². The first-order chi connectivity index (χ1) is 9.10. The molecule has 116 valence electrons. The predicted molar refractivity (Wildman–Crippen MR) is 83.2 cm³/mol. The molecule has 0 saturated heterocycles. The highest BCUT2D eigenvalue weighted by Gasteiger charge is 2.13. The lowest BCUT2D eigenvalue weighted by molar-refractivity contribution is 0.339. The maximum absolute atomic E-state index is 12.0. The summed E-state index contributed by atoms with van der Waals surface area (Å²) in [5, 5.41) is 3.14. The molecule has 1 aromatic carbocycles. The Balaban J connectivity index is 0.00000361. The Morgan fingerprint density at radius 3 is 2.55 bits per heavy atom. The predicted octanol–water partition coefficient (Wildman–Crippen LogP) is 1.78. The number of sulfonamides is 1. The lowest BCUT2D eigenvalue weighted by Gasteiger charge is -2.09. The van der Waals surface area contributed by atoms with Gasteiger partial charge in [-0.05, 0) is 32.0 Å². The van der Waals surface area contributed by atoms with E-state index in [0.717, 1.165) is 13.0 Å². The topological polar surface area (TPSA) is 67.4 Å². The van der Waals surface area contributed by atoms with Crippen LogP contribution < -0.4 is 14.8 Å². The number of benzene rings is 1. The number of hydrogen-bond acceptors (Lipinski definition) is 4. The summed E-state index contributed by atoms with van der Waals surface area (Å²) in [6.07, 6.45) is 1.03. The SMILES string of the molecule is CCCNCCNS(=O)(=O)c1cccc(OCC)c1.Cl. The van der Waals surface area contributed by atoms with Crippen LogP contribution in [0.1, 0.15) is 20.3 Å². The number of nitrogens with one attached hydrogen (secondary N) is 2. The summed E-state index contributed by atoms with van der Waals surface area (Å²) < 4.78 is 31.9. The Morgan fingerprint density at radius 2 is 1.90 bits per heavy atom. The first kappa shape index (κ1) is 19.2. The molecule has 20 heavy (non-hydrogen) atoms. The minimum absolute atomic E-state index is 0. The zero-order chi connectivity index (χ0) is 14.1. The summed E-state index contributed by atoms with van der Waals surface area (Å²) in [5.41, 5.74) is 0. The normalized spacial score (nSPS) is 10.9. The van der Waals surface area contributed by atoms with Gasteiger partial charge in [0.15, 0.2) is 0 Å². The van der Waals surface area contributed by atoms with E-state index < -0.39 is 10.0 Å². The third kappa shape index (κ3) is 6.56. The monoisotopic (exact) mass is 322 g/mol. The van der Waals surface area contributed by atoms with Crippen LogP contribution in [0.4, 0.5) is 0 Å². The fourth-order valence-electron chi connectivity index (χ4n) is 1.56. The molecule has 0 fully saturated rings. The Hall–Kier alpha value is -0.820. The molecular weight excluding hydrogens is 300 g/mol. The van der Waals surface area contributed by atoms with E-state index in [1.54, 1.807) is 18.2 Å². The van der Waals surface area contributed by atoms with Crippen molar-refractivity contribution in [3.8, 4) is 5.75 Å². The quantitative estimate of drug-likeness (QED) is 0.680. The summed E-state index contributed by atoms with van der Waals surface area (Å²) in [4.78, 5) is 0.231. The fourth-order valence-corrected chi connectivity index (χ4v) is 2.62. The van der Waals surface area contributed by atoms with Crippen LogP contribution in [0, 0.1) is 0 Å². The van der Waals surface area contributed by atoms with Crippen LogP contribution in [0.3, 0.4) is 0 Å². The summed E-state index contributed by atoms with van der Waals surface area (Å²) in [5.74, 6) is 0.564. The molecule has 0 aromatic heterocycles. The zero-order valence-electron chi connectivity index (χ0n) is 11.9. The maximum atomic E-state index is 12.0. The highest BCUT2D eigenvalue weighted by atomic mass is 35.5. The molecule has 1 aromatic rings. The molecule has 2 N–H and O–H groups in total. The van der Waals surface area contributed by atoms with Gasteiger partial charge in [0.2, 0.25) is 10.0 Å². The smallest absolute Gasteiger partial charge is 0.240 e. The Labute approximate surface area is 127 Å². The van der Waals surface area contributed by atoms with Crippen molar-refractivity contribution < 1.29 is 13.2 Å². The van der Waals surface area contributed by atoms with Crippen LogP contribution in [0.15, 0.2) is 29.2 Å². The van der Waals surface area contributed by atoms with E-state index in [2.05, 4.69) is 17.0 Å². The van der Waals surface area contributed by atoms with Crippen LogP contribution >= 0.6 is 12.4 Å². The lowest BCUT2D eigenvalue weighted by Crippen LogP contribution is -2.32. The molecule has 0 radical (unpaired) electrons. The van der Waals surface area contributed by atoms with Gasteiger partial charge in [-0.15, -0.1) is 12.4 Å². The summed E-state index contributed by atoms with van der Waals surface area (Å²) in [6, 6.07) is 6.51. The van der Waals surface area contributed by atoms with Crippen LogP contribution in [-0.4, -0.2) is 34.7 Å². The van der Waals surface area contributed by atoms with Gasteiger partial charge in [0.25, 0.3) is 0 Å². The van der Waals surface area contributed by atoms with Crippen molar-refractivity contribution in [1.82, 2.24) is 10.0 Å². The van der Waals surface area contributed by atoms with E-state index in [-0.39, 0.29) is 17.3 Å². The second kappa shape index (κ2) is 9.99. The van der Waals surface area contributed by atoms with Gasteiger partial charge in [0.05, 0.1) is 11.5 Å². The molecule has 0 bridgehead atoms. The van der Waals surface area contributed by atoms with Crippen molar-refractivity contribution in [2.24, 2.45) is 0 Å². The molecular formula is C13H23ClN2O3S. The third-order valence-corrected chi connectivity index (χ3v) is 3.91. The minimum atomic E-state index is -3.46. The van der Waals surface area contributed by atoms with E-state index >= 15 is 0 Å². The average molecular weight is 323 g/mol. The molecule has 0 spiro atoms. The van der Waals surface area contributed by atoms with E-state index in [1.807, 2.05) is 6.92 Å². The highest BCUT2D eigenvalue weighted by molar-refractivity contribution is 7.89. The van der Waals surface area contributed by atoms with Crippen molar-refractivity contribution in [3.63, 3.8) is 0 Å². The van der Waals surface area contributed by atoms with Gasteiger partial charge in [-0.3, -0.25) is 0 Å². The van der Waals surface area contributed by atoms with Crippen molar-refractivity contribution >= 4 is 22.4 Å². The largest absolute Gasteiger partial charge is 0.494 e. The van der Waals surface area contributed by atoms with Crippen LogP contribution in [0.25, 0.3) is 0 Å². The molecule has 7 heteroatoms. The number of halogens is 1. The first-order valence-electron chi connectivity index (χ1n) is 6.53. The first-order valence-corrected chi connectivity index (χ1v) is 8.01. The number of ether oxygens (including phenoxy) is 1. The van der Waals surface area contributed by atoms with Crippen molar-refractivity contribution in [3.05, 3.63) is 24.3 Å². The lowest BCUT2D eigenvalue weighted by atomic mass is 10.3. The van der Waals surface area contributed by atoms with Crippen LogP contribution in [-0.2, 0) is 10.0 Å². The summed E-state index contributed by atoms with van der Waals surface area (Å²) in [6.45, 7) is 6.33. The zero-order valence-corrected chi connectivity index (χ0v) is 13.5. The molecule has 0 amide bonds. The van der Waals surface area contributed by atoms with E-state index in [0.29, 0.717) is 25.4 Å². The summed E-state index contributed by atoms with van der Waals surface area (Å²) >= 11 is 0. The molecule has 5 nitrogen and oxygen atoms in total. The molecule has 0 aliphatic heterocycles. The highest BCUT2D eigenvalue weighted by Crippen LogP contribution is 2.17. The van der Waals surface area contributed by atoms with Gasteiger partial charge in [0, 0.05) is 19.2 Å². The van der Waals surface area contributed by atoms with Crippen molar-refractivity contribution in [2.45, 2.75) is 25.2 Å². The maximum Gasteiger partial charge on any atom is 0.240 e. The molecule has 0 aliphatic carbocycles. The molecule has 0 atom stereocenters. The number of rotatable bonds is 9. The molecule has 0 saturated carbocycles. The van der Waals surface area contributed by atoms with Crippen LogP contribution in [0.2, 0.25) is 0 Å². The van der Waals surface area contributed by atoms with E-state index in [1.165, 1.54) is 6.07 Å².